The maximum Gasteiger partial charge on any atom is 0.326 e. The number of furan rings is 1. The molecule has 0 saturated heterocycles. The Hall–Kier alpha value is -2.76. The van der Waals surface area contributed by atoms with Crippen molar-refractivity contribution in [3.63, 3.8) is 0 Å². The molecule has 6 nitrogen and oxygen atoms in total. The van der Waals surface area contributed by atoms with Gasteiger partial charge in [-0.1, -0.05) is 19.3 Å². The van der Waals surface area contributed by atoms with Gasteiger partial charge in [0.15, 0.2) is 0 Å². The molecule has 6 heteroatoms. The van der Waals surface area contributed by atoms with Gasteiger partial charge in [-0.25, -0.2) is 4.79 Å². The zero-order valence-electron chi connectivity index (χ0n) is 14.0. The van der Waals surface area contributed by atoms with Crippen LogP contribution in [0.3, 0.4) is 0 Å². The number of hydrogen-bond donors (Lipinski definition) is 2. The Morgan fingerprint density at radius 3 is 2.84 bits per heavy atom. The van der Waals surface area contributed by atoms with Crippen LogP contribution in [0.25, 0.3) is 11.0 Å². The van der Waals surface area contributed by atoms with E-state index in [2.05, 4.69) is 10.3 Å². The molecule has 1 aromatic carbocycles. The Balaban J connectivity index is 1.58. The Labute approximate surface area is 144 Å². The lowest BCUT2D eigenvalue weighted by Crippen LogP contribution is -2.24. The lowest BCUT2D eigenvalue weighted by molar-refractivity contribution is 0.0948. The third-order valence-corrected chi connectivity index (χ3v) is 4.92. The number of aromatic nitrogens is 2. The number of carbonyl (C=O) groups excluding carboxylic acids is 1. The molecule has 2 aromatic heterocycles. The molecule has 25 heavy (non-hydrogen) atoms. The van der Waals surface area contributed by atoms with Crippen LogP contribution in [0.2, 0.25) is 0 Å². The van der Waals surface area contributed by atoms with Gasteiger partial charge in [0.2, 0.25) is 0 Å². The number of rotatable bonds is 4. The largest absolute Gasteiger partial charge is 0.467 e. The number of H-pyrrole nitrogens is 1. The minimum atomic E-state index is -0.190. The smallest absolute Gasteiger partial charge is 0.326 e. The second-order valence-electron chi connectivity index (χ2n) is 6.59. The van der Waals surface area contributed by atoms with Crippen LogP contribution >= 0.6 is 0 Å². The van der Waals surface area contributed by atoms with E-state index in [0.29, 0.717) is 23.4 Å². The van der Waals surface area contributed by atoms with E-state index in [9.17, 15) is 9.59 Å². The van der Waals surface area contributed by atoms with E-state index in [1.807, 2.05) is 16.7 Å². The molecule has 1 aliphatic carbocycles. The number of nitrogens with one attached hydrogen (secondary N) is 2. The van der Waals surface area contributed by atoms with Crippen LogP contribution < -0.4 is 11.0 Å². The number of imidazole rings is 1. The minimum Gasteiger partial charge on any atom is -0.467 e. The Morgan fingerprint density at radius 2 is 2.08 bits per heavy atom. The monoisotopic (exact) mass is 339 g/mol. The minimum absolute atomic E-state index is 0.0879. The van der Waals surface area contributed by atoms with Crippen LogP contribution in [-0.2, 0) is 6.54 Å². The lowest BCUT2D eigenvalue weighted by atomic mass is 9.95. The molecule has 4 rings (SSSR count). The van der Waals surface area contributed by atoms with Crippen molar-refractivity contribution in [1.29, 1.82) is 0 Å². The Kier molecular flexibility index (Phi) is 4.17. The van der Waals surface area contributed by atoms with Crippen molar-refractivity contribution in [3.05, 3.63) is 58.4 Å². The zero-order valence-corrected chi connectivity index (χ0v) is 14.0. The lowest BCUT2D eigenvalue weighted by Gasteiger charge is -2.22. The van der Waals surface area contributed by atoms with Crippen LogP contribution in [0, 0.1) is 0 Å². The zero-order chi connectivity index (χ0) is 17.2. The maximum atomic E-state index is 12.4. The fourth-order valence-electron chi connectivity index (χ4n) is 3.66. The molecule has 1 fully saturated rings. The normalized spacial score (nSPS) is 15.5. The highest BCUT2D eigenvalue weighted by Crippen LogP contribution is 2.29. The van der Waals surface area contributed by atoms with E-state index in [-0.39, 0.29) is 17.6 Å². The summed E-state index contributed by atoms with van der Waals surface area (Å²) in [5, 5.41) is 2.82. The van der Waals surface area contributed by atoms with Crippen molar-refractivity contribution in [2.45, 2.75) is 44.7 Å². The molecule has 1 saturated carbocycles. The van der Waals surface area contributed by atoms with Crippen molar-refractivity contribution in [3.8, 4) is 0 Å². The topological polar surface area (TPSA) is 80.0 Å². The molecule has 0 atom stereocenters. The summed E-state index contributed by atoms with van der Waals surface area (Å²) < 4.78 is 7.07. The molecule has 0 radical (unpaired) electrons. The average molecular weight is 339 g/mol. The van der Waals surface area contributed by atoms with E-state index in [0.717, 1.165) is 31.2 Å². The van der Waals surface area contributed by atoms with Gasteiger partial charge in [0.1, 0.15) is 5.76 Å². The molecule has 2 heterocycles. The summed E-state index contributed by atoms with van der Waals surface area (Å²) in [4.78, 5) is 27.6. The first-order valence-electron chi connectivity index (χ1n) is 8.77. The van der Waals surface area contributed by atoms with Crippen LogP contribution in [0.4, 0.5) is 0 Å². The molecule has 0 bridgehead atoms. The van der Waals surface area contributed by atoms with E-state index in [1.54, 1.807) is 24.5 Å². The summed E-state index contributed by atoms with van der Waals surface area (Å²) in [5.41, 5.74) is 2.02. The third-order valence-electron chi connectivity index (χ3n) is 4.92. The first-order chi connectivity index (χ1) is 12.2. The molecular weight excluding hydrogens is 318 g/mol. The standard InChI is InChI=1S/C19H21N3O3/c23-18(20-12-15-7-4-10-25-15)13-8-9-17-16(11-13)21-19(24)22(17)14-5-2-1-3-6-14/h4,7-11,14H,1-3,5-6,12H2,(H,20,23)(H,21,24). The van der Waals surface area contributed by atoms with Crippen molar-refractivity contribution in [1.82, 2.24) is 14.9 Å². The number of aromatic amines is 1. The quantitative estimate of drug-likeness (QED) is 0.765. The van der Waals surface area contributed by atoms with Crippen molar-refractivity contribution in [2.75, 3.05) is 0 Å². The summed E-state index contributed by atoms with van der Waals surface area (Å²) in [7, 11) is 0. The molecule has 0 aliphatic heterocycles. The van der Waals surface area contributed by atoms with E-state index in [1.165, 1.54) is 6.42 Å². The van der Waals surface area contributed by atoms with Gasteiger partial charge in [-0.15, -0.1) is 0 Å². The molecule has 130 valence electrons. The number of benzene rings is 1. The van der Waals surface area contributed by atoms with Gasteiger partial charge < -0.3 is 14.7 Å². The van der Waals surface area contributed by atoms with Gasteiger partial charge >= 0.3 is 5.69 Å². The van der Waals surface area contributed by atoms with Crippen LogP contribution in [0.5, 0.6) is 0 Å². The number of hydrogen-bond acceptors (Lipinski definition) is 3. The summed E-state index contributed by atoms with van der Waals surface area (Å²) in [5.74, 6) is 0.510. The Bertz CT molecular complexity index is 931. The number of carbonyl (C=O) groups is 1. The summed E-state index contributed by atoms with van der Waals surface area (Å²) >= 11 is 0. The van der Waals surface area contributed by atoms with Gasteiger partial charge in [-0.05, 0) is 43.2 Å². The summed E-state index contributed by atoms with van der Waals surface area (Å²) in [6.45, 7) is 0.337. The average Bonchev–Trinajstić information content (AvgIpc) is 3.26. The van der Waals surface area contributed by atoms with Crippen molar-refractivity contribution < 1.29 is 9.21 Å². The first kappa shape index (κ1) is 15.7. The number of amides is 1. The molecule has 0 unspecified atom stereocenters. The van der Waals surface area contributed by atoms with Crippen LogP contribution in [-0.4, -0.2) is 15.5 Å². The van der Waals surface area contributed by atoms with E-state index in [4.69, 9.17) is 4.42 Å². The highest BCUT2D eigenvalue weighted by atomic mass is 16.3. The molecular formula is C19H21N3O3. The van der Waals surface area contributed by atoms with E-state index >= 15 is 0 Å². The Morgan fingerprint density at radius 1 is 1.24 bits per heavy atom. The SMILES string of the molecule is O=C(NCc1ccco1)c1ccc2c(c1)[nH]c(=O)n2C1CCCCC1. The number of nitrogens with zero attached hydrogens (tertiary/aromatic N) is 1. The molecule has 1 amide bonds. The fourth-order valence-corrected chi connectivity index (χ4v) is 3.66. The second kappa shape index (κ2) is 6.63. The summed E-state index contributed by atoms with van der Waals surface area (Å²) in [6.07, 6.45) is 7.23. The van der Waals surface area contributed by atoms with Gasteiger partial charge in [0, 0.05) is 11.6 Å². The highest BCUT2D eigenvalue weighted by molar-refractivity contribution is 5.97. The molecule has 0 spiro atoms. The van der Waals surface area contributed by atoms with Gasteiger partial charge in [-0.3, -0.25) is 9.36 Å². The van der Waals surface area contributed by atoms with Gasteiger partial charge in [0.05, 0.1) is 23.8 Å². The fraction of sp³-hybridized carbons (Fsp3) is 0.368. The molecule has 1 aliphatic rings. The van der Waals surface area contributed by atoms with Gasteiger partial charge in [-0.2, -0.15) is 0 Å². The third kappa shape index (κ3) is 3.12. The van der Waals surface area contributed by atoms with Crippen molar-refractivity contribution >= 4 is 16.9 Å². The predicted octanol–water partition coefficient (Wildman–Crippen LogP) is 3.36. The highest BCUT2D eigenvalue weighted by Gasteiger charge is 2.20. The predicted molar refractivity (Wildman–Crippen MR) is 94.6 cm³/mol. The maximum absolute atomic E-state index is 12.4. The number of fused-ring (bicyclic) bond motifs is 1. The second-order valence-corrected chi connectivity index (χ2v) is 6.59. The molecule has 3 aromatic rings. The van der Waals surface area contributed by atoms with E-state index < -0.39 is 0 Å². The van der Waals surface area contributed by atoms with Crippen LogP contribution in [0.1, 0.15) is 54.3 Å². The van der Waals surface area contributed by atoms with Crippen LogP contribution in [0.15, 0.2) is 45.8 Å². The molecule has 2 N–H and O–H groups in total. The van der Waals surface area contributed by atoms with Crippen molar-refractivity contribution in [2.24, 2.45) is 0 Å². The summed E-state index contributed by atoms with van der Waals surface area (Å²) in [6, 6.07) is 9.23. The van der Waals surface area contributed by atoms with Gasteiger partial charge in [0.25, 0.3) is 5.91 Å². The first-order valence-corrected chi connectivity index (χ1v) is 8.77.